The van der Waals surface area contributed by atoms with Crippen LogP contribution in [0.1, 0.15) is 20.8 Å². The van der Waals surface area contributed by atoms with Crippen molar-refractivity contribution >= 4 is 28.3 Å². The molecule has 4 N–H and O–H groups in total. The molecule has 23 heavy (non-hydrogen) atoms. The molecule has 2 aromatic heterocycles. The van der Waals surface area contributed by atoms with Gasteiger partial charge in [0.1, 0.15) is 11.5 Å². The van der Waals surface area contributed by atoms with Gasteiger partial charge in [-0.15, -0.1) is 11.3 Å². The van der Waals surface area contributed by atoms with Gasteiger partial charge in [0.25, 0.3) is 11.8 Å². The highest BCUT2D eigenvalue weighted by Crippen LogP contribution is 2.26. The van der Waals surface area contributed by atoms with Crippen molar-refractivity contribution in [2.75, 3.05) is 5.32 Å². The Morgan fingerprint density at radius 2 is 2.09 bits per heavy atom. The monoisotopic (exact) mass is 330 g/mol. The minimum absolute atomic E-state index is 0.0538. The van der Waals surface area contributed by atoms with Crippen LogP contribution in [0.15, 0.2) is 41.9 Å². The average molecular weight is 330 g/mol. The minimum atomic E-state index is -0.599. The summed E-state index contributed by atoms with van der Waals surface area (Å²) in [5, 5.41) is 4.59. The molecule has 3 rings (SSSR count). The van der Waals surface area contributed by atoms with Gasteiger partial charge in [-0.25, -0.2) is 9.37 Å². The number of rotatable bonds is 4. The maximum atomic E-state index is 13.6. The van der Waals surface area contributed by atoms with Gasteiger partial charge in [0.15, 0.2) is 5.13 Å². The number of nitrogens with zero attached hydrogens (tertiary/aromatic N) is 1. The molecule has 2 heterocycles. The first-order valence-corrected chi connectivity index (χ1v) is 7.42. The van der Waals surface area contributed by atoms with E-state index in [-0.39, 0.29) is 11.3 Å². The number of anilines is 1. The molecule has 0 aliphatic carbocycles. The topological polar surface area (TPSA) is 101 Å². The molecule has 0 aliphatic rings. The van der Waals surface area contributed by atoms with Gasteiger partial charge < -0.3 is 10.7 Å². The van der Waals surface area contributed by atoms with E-state index in [1.807, 2.05) is 0 Å². The number of primary amides is 1. The summed E-state index contributed by atoms with van der Waals surface area (Å²) < 4.78 is 13.6. The number of thiazole rings is 1. The van der Waals surface area contributed by atoms with E-state index in [2.05, 4.69) is 15.3 Å². The van der Waals surface area contributed by atoms with Crippen LogP contribution in [0.4, 0.5) is 9.52 Å². The van der Waals surface area contributed by atoms with Gasteiger partial charge in [-0.1, -0.05) is 12.1 Å². The fourth-order valence-corrected chi connectivity index (χ4v) is 2.67. The van der Waals surface area contributed by atoms with Crippen molar-refractivity contribution in [1.82, 2.24) is 9.97 Å². The standard InChI is InChI=1S/C15H11FN4O2S/c16-10-4-2-1-3-9(10)14(22)20-15-19-12(7-23-15)8-5-11(13(17)21)18-6-8/h1-7,18H,(H2,17,21)(H,19,20,22). The number of hydrogen-bond donors (Lipinski definition) is 3. The number of carbonyl (C=O) groups excluding carboxylic acids is 2. The summed E-state index contributed by atoms with van der Waals surface area (Å²) in [7, 11) is 0. The lowest BCUT2D eigenvalue weighted by molar-refractivity contribution is 0.0993. The molecule has 1 aromatic carbocycles. The quantitative estimate of drug-likeness (QED) is 0.685. The average Bonchev–Trinajstić information content (AvgIpc) is 3.16. The molecule has 0 saturated carbocycles. The third kappa shape index (κ3) is 3.11. The van der Waals surface area contributed by atoms with E-state index in [0.29, 0.717) is 16.4 Å². The van der Waals surface area contributed by atoms with Crippen LogP contribution in [0, 0.1) is 5.82 Å². The van der Waals surface area contributed by atoms with Crippen LogP contribution in [0.2, 0.25) is 0 Å². The Balaban J connectivity index is 1.78. The molecule has 0 saturated heterocycles. The Hall–Kier alpha value is -3.00. The summed E-state index contributed by atoms with van der Waals surface area (Å²) in [6.07, 6.45) is 1.59. The fourth-order valence-electron chi connectivity index (χ4n) is 1.96. The number of amides is 2. The van der Waals surface area contributed by atoms with E-state index < -0.39 is 17.6 Å². The van der Waals surface area contributed by atoms with Crippen molar-refractivity contribution < 1.29 is 14.0 Å². The zero-order valence-electron chi connectivity index (χ0n) is 11.7. The molecule has 0 aliphatic heterocycles. The van der Waals surface area contributed by atoms with Crippen molar-refractivity contribution in [2.45, 2.75) is 0 Å². The van der Waals surface area contributed by atoms with Crippen molar-refractivity contribution in [2.24, 2.45) is 5.73 Å². The van der Waals surface area contributed by atoms with Crippen LogP contribution >= 0.6 is 11.3 Å². The number of nitrogens with one attached hydrogen (secondary N) is 2. The second kappa shape index (κ2) is 6.01. The lowest BCUT2D eigenvalue weighted by atomic mass is 10.2. The number of aromatic nitrogens is 2. The highest BCUT2D eigenvalue weighted by Gasteiger charge is 2.14. The van der Waals surface area contributed by atoms with E-state index in [0.717, 1.165) is 0 Å². The van der Waals surface area contributed by atoms with E-state index in [1.165, 1.54) is 29.5 Å². The van der Waals surface area contributed by atoms with Crippen molar-refractivity contribution in [3.63, 3.8) is 0 Å². The lowest BCUT2D eigenvalue weighted by Crippen LogP contribution is -2.13. The Morgan fingerprint density at radius 1 is 1.30 bits per heavy atom. The molecule has 0 radical (unpaired) electrons. The molecule has 0 atom stereocenters. The smallest absolute Gasteiger partial charge is 0.265 e. The molecular formula is C15H11FN4O2S. The SMILES string of the molecule is NC(=O)c1cc(-c2csc(NC(=O)c3ccccc3F)n2)c[nH]1. The van der Waals surface area contributed by atoms with E-state index in [9.17, 15) is 14.0 Å². The molecule has 0 spiro atoms. The first-order valence-electron chi connectivity index (χ1n) is 6.54. The number of hydrogen-bond acceptors (Lipinski definition) is 4. The lowest BCUT2D eigenvalue weighted by Gasteiger charge is -2.02. The number of H-pyrrole nitrogens is 1. The summed E-state index contributed by atoms with van der Waals surface area (Å²) >= 11 is 1.20. The Morgan fingerprint density at radius 3 is 2.78 bits per heavy atom. The summed E-state index contributed by atoms with van der Waals surface area (Å²) in [6, 6.07) is 7.27. The summed E-state index contributed by atoms with van der Waals surface area (Å²) in [4.78, 5) is 30.1. The largest absolute Gasteiger partial charge is 0.364 e. The molecular weight excluding hydrogens is 319 g/mol. The molecule has 6 nitrogen and oxygen atoms in total. The zero-order valence-corrected chi connectivity index (χ0v) is 12.5. The number of aromatic amines is 1. The van der Waals surface area contributed by atoms with Crippen LogP contribution < -0.4 is 11.1 Å². The van der Waals surface area contributed by atoms with Crippen molar-refractivity contribution in [3.8, 4) is 11.3 Å². The normalized spacial score (nSPS) is 10.5. The van der Waals surface area contributed by atoms with Gasteiger partial charge in [-0.2, -0.15) is 0 Å². The molecule has 0 unspecified atom stereocenters. The summed E-state index contributed by atoms with van der Waals surface area (Å²) in [5.41, 5.74) is 6.63. The van der Waals surface area contributed by atoms with Gasteiger partial charge in [0.2, 0.25) is 0 Å². The number of benzene rings is 1. The van der Waals surface area contributed by atoms with Crippen molar-refractivity contribution in [3.05, 3.63) is 59.0 Å². The molecule has 8 heteroatoms. The Bertz CT molecular complexity index is 887. The third-order valence-electron chi connectivity index (χ3n) is 3.09. The first-order chi connectivity index (χ1) is 11.0. The van der Waals surface area contributed by atoms with Gasteiger partial charge in [-0.05, 0) is 18.2 Å². The first kappa shape index (κ1) is 14.9. The van der Waals surface area contributed by atoms with Crippen LogP contribution in [0.25, 0.3) is 11.3 Å². The maximum absolute atomic E-state index is 13.6. The van der Waals surface area contributed by atoms with Gasteiger partial charge in [0, 0.05) is 17.1 Å². The maximum Gasteiger partial charge on any atom is 0.265 e. The molecule has 2 amide bonds. The van der Waals surface area contributed by atoms with Crippen LogP contribution in [-0.2, 0) is 0 Å². The van der Waals surface area contributed by atoms with Crippen molar-refractivity contribution in [1.29, 1.82) is 0 Å². The van der Waals surface area contributed by atoms with Gasteiger partial charge in [0.05, 0.1) is 11.3 Å². The summed E-state index contributed by atoms with van der Waals surface area (Å²) in [5.74, 6) is -1.74. The Labute approximate surface area is 134 Å². The molecule has 0 fully saturated rings. The molecule has 3 aromatic rings. The molecule has 116 valence electrons. The minimum Gasteiger partial charge on any atom is -0.364 e. The van der Waals surface area contributed by atoms with E-state index in [1.54, 1.807) is 23.7 Å². The predicted octanol–water partition coefficient (Wildman–Crippen LogP) is 2.63. The highest BCUT2D eigenvalue weighted by molar-refractivity contribution is 7.14. The third-order valence-corrected chi connectivity index (χ3v) is 3.85. The van der Waals surface area contributed by atoms with E-state index >= 15 is 0 Å². The van der Waals surface area contributed by atoms with Crippen LogP contribution in [0.5, 0.6) is 0 Å². The predicted molar refractivity (Wildman–Crippen MR) is 84.8 cm³/mol. The number of halogens is 1. The fraction of sp³-hybridized carbons (Fsp3) is 0. The number of carbonyl (C=O) groups is 2. The van der Waals surface area contributed by atoms with Crippen LogP contribution in [0.3, 0.4) is 0 Å². The van der Waals surface area contributed by atoms with E-state index in [4.69, 9.17) is 5.73 Å². The van der Waals surface area contributed by atoms with Gasteiger partial charge >= 0.3 is 0 Å². The zero-order chi connectivity index (χ0) is 16.4. The van der Waals surface area contributed by atoms with Crippen LogP contribution in [-0.4, -0.2) is 21.8 Å². The second-order valence-corrected chi connectivity index (χ2v) is 5.50. The Kier molecular flexibility index (Phi) is 3.90. The van der Waals surface area contributed by atoms with Gasteiger partial charge in [-0.3, -0.25) is 14.9 Å². The molecule has 0 bridgehead atoms. The second-order valence-electron chi connectivity index (χ2n) is 4.64. The summed E-state index contributed by atoms with van der Waals surface area (Å²) in [6.45, 7) is 0. The number of nitrogens with two attached hydrogens (primary N) is 1. The highest BCUT2D eigenvalue weighted by atomic mass is 32.1.